The van der Waals surface area contributed by atoms with Gasteiger partial charge in [0, 0.05) is 12.0 Å². The van der Waals surface area contributed by atoms with Gasteiger partial charge < -0.3 is 15.0 Å². The first-order valence-electron chi connectivity index (χ1n) is 4.64. The summed E-state index contributed by atoms with van der Waals surface area (Å²) in [5, 5.41) is 3.80. The molecule has 0 radical (unpaired) electrons. The summed E-state index contributed by atoms with van der Waals surface area (Å²) in [6.45, 7) is 6.27. The Balaban J connectivity index is 2.32. The monoisotopic (exact) mass is 214 g/mol. The molecule has 2 aliphatic rings. The maximum absolute atomic E-state index is 11.2. The van der Waals surface area contributed by atoms with Crippen LogP contribution in [0.25, 0.3) is 0 Å². The SMILES string of the molecule is CC1(C)C[C@]2(C)OC(=O)CN2C(=S)N1. The van der Waals surface area contributed by atoms with E-state index in [2.05, 4.69) is 5.32 Å². The summed E-state index contributed by atoms with van der Waals surface area (Å²) in [5.41, 5.74) is -0.671. The van der Waals surface area contributed by atoms with E-state index in [1.165, 1.54) is 0 Å². The van der Waals surface area contributed by atoms with Crippen molar-refractivity contribution in [3.05, 3.63) is 0 Å². The van der Waals surface area contributed by atoms with Crippen LogP contribution in [-0.4, -0.2) is 33.8 Å². The maximum Gasteiger partial charge on any atom is 0.327 e. The average molecular weight is 214 g/mol. The van der Waals surface area contributed by atoms with Crippen LogP contribution < -0.4 is 5.32 Å². The summed E-state index contributed by atoms with van der Waals surface area (Å²) in [6.07, 6.45) is 0.742. The van der Waals surface area contributed by atoms with Gasteiger partial charge in [0.15, 0.2) is 10.8 Å². The van der Waals surface area contributed by atoms with Crippen molar-refractivity contribution in [2.24, 2.45) is 0 Å². The molecule has 5 heteroatoms. The van der Waals surface area contributed by atoms with E-state index in [0.29, 0.717) is 5.11 Å². The number of rotatable bonds is 0. The minimum Gasteiger partial charge on any atom is -0.438 e. The van der Waals surface area contributed by atoms with Gasteiger partial charge in [0.2, 0.25) is 0 Å². The van der Waals surface area contributed by atoms with Gasteiger partial charge in [-0.05, 0) is 33.0 Å². The third-order valence-corrected chi connectivity index (χ3v) is 2.97. The number of ether oxygens (including phenoxy) is 1. The molecule has 2 rings (SSSR count). The third-order valence-electron chi connectivity index (χ3n) is 2.65. The predicted molar refractivity (Wildman–Crippen MR) is 55.6 cm³/mol. The highest BCUT2D eigenvalue weighted by atomic mass is 32.1. The van der Waals surface area contributed by atoms with Crippen LogP contribution in [0.1, 0.15) is 27.2 Å². The molecule has 1 atom stereocenters. The Hall–Kier alpha value is -0.840. The molecule has 78 valence electrons. The molecule has 2 heterocycles. The number of nitrogens with one attached hydrogen (secondary N) is 1. The van der Waals surface area contributed by atoms with Crippen LogP contribution in [0.5, 0.6) is 0 Å². The summed E-state index contributed by atoms with van der Waals surface area (Å²) >= 11 is 5.20. The first-order valence-corrected chi connectivity index (χ1v) is 5.05. The molecule has 2 aliphatic heterocycles. The van der Waals surface area contributed by atoms with Crippen LogP contribution in [0.4, 0.5) is 0 Å². The van der Waals surface area contributed by atoms with Crippen LogP contribution in [0, 0.1) is 0 Å². The zero-order valence-electron chi connectivity index (χ0n) is 8.59. The Labute approximate surface area is 88.6 Å². The molecule has 0 saturated carbocycles. The van der Waals surface area contributed by atoms with E-state index in [0.717, 1.165) is 6.42 Å². The lowest BCUT2D eigenvalue weighted by Gasteiger charge is -2.46. The highest BCUT2D eigenvalue weighted by molar-refractivity contribution is 7.80. The number of hydrogen-bond donors (Lipinski definition) is 1. The van der Waals surface area contributed by atoms with E-state index in [1.54, 1.807) is 0 Å². The van der Waals surface area contributed by atoms with E-state index in [-0.39, 0.29) is 18.1 Å². The Morgan fingerprint density at radius 3 is 2.79 bits per heavy atom. The first-order chi connectivity index (χ1) is 6.32. The molecule has 2 fully saturated rings. The molecule has 4 nitrogen and oxygen atoms in total. The first kappa shape index (κ1) is 9.71. The zero-order valence-corrected chi connectivity index (χ0v) is 9.40. The standard InChI is InChI=1S/C9H14N2O2S/c1-8(2)5-9(3)11(7(14)10-8)4-6(12)13-9/h4-5H2,1-3H3,(H,10,14)/t9-/m0/s1. The summed E-state index contributed by atoms with van der Waals surface area (Å²) in [7, 11) is 0. The van der Waals surface area contributed by atoms with E-state index in [1.807, 2.05) is 25.7 Å². The minimum atomic E-state index is -0.553. The Morgan fingerprint density at radius 1 is 1.50 bits per heavy atom. The third kappa shape index (κ3) is 1.35. The molecular weight excluding hydrogens is 200 g/mol. The largest absolute Gasteiger partial charge is 0.438 e. The van der Waals surface area contributed by atoms with E-state index in [4.69, 9.17) is 17.0 Å². The summed E-state index contributed by atoms with van der Waals surface area (Å²) < 4.78 is 5.32. The molecule has 0 unspecified atom stereocenters. The number of thiocarbonyl (C=S) groups is 1. The number of hydrogen-bond acceptors (Lipinski definition) is 3. The van der Waals surface area contributed by atoms with Gasteiger partial charge >= 0.3 is 5.97 Å². The Kier molecular flexibility index (Phi) is 1.80. The number of carbonyl (C=O) groups excluding carboxylic acids is 1. The van der Waals surface area contributed by atoms with Crippen molar-refractivity contribution < 1.29 is 9.53 Å². The van der Waals surface area contributed by atoms with Gasteiger partial charge in [0.05, 0.1) is 0 Å². The van der Waals surface area contributed by atoms with Crippen molar-refractivity contribution >= 4 is 23.3 Å². The van der Waals surface area contributed by atoms with Crippen LogP contribution in [0.3, 0.4) is 0 Å². The van der Waals surface area contributed by atoms with Crippen molar-refractivity contribution in [3.63, 3.8) is 0 Å². The molecule has 0 aromatic rings. The van der Waals surface area contributed by atoms with Crippen molar-refractivity contribution in [1.29, 1.82) is 0 Å². The van der Waals surface area contributed by atoms with E-state index < -0.39 is 5.72 Å². The van der Waals surface area contributed by atoms with Gasteiger partial charge in [-0.1, -0.05) is 0 Å². The van der Waals surface area contributed by atoms with Crippen LogP contribution >= 0.6 is 12.2 Å². The topological polar surface area (TPSA) is 41.6 Å². The second-order valence-electron chi connectivity index (χ2n) is 4.73. The van der Waals surface area contributed by atoms with Crippen molar-refractivity contribution in [2.75, 3.05) is 6.54 Å². The second kappa shape index (κ2) is 2.59. The van der Waals surface area contributed by atoms with E-state index in [9.17, 15) is 4.79 Å². The molecular formula is C9H14N2O2S. The normalized spacial score (nSPS) is 34.9. The van der Waals surface area contributed by atoms with Gasteiger partial charge in [-0.15, -0.1) is 0 Å². The van der Waals surface area contributed by atoms with Gasteiger partial charge in [-0.3, -0.25) is 4.79 Å². The zero-order chi connectivity index (χ0) is 10.6. The molecule has 0 aromatic heterocycles. The number of fused-ring (bicyclic) bond motifs is 1. The van der Waals surface area contributed by atoms with Gasteiger partial charge in [0.1, 0.15) is 6.54 Å². The van der Waals surface area contributed by atoms with E-state index >= 15 is 0 Å². The molecule has 14 heavy (non-hydrogen) atoms. The molecule has 0 amide bonds. The van der Waals surface area contributed by atoms with Crippen molar-refractivity contribution in [1.82, 2.24) is 10.2 Å². The summed E-state index contributed by atoms with van der Waals surface area (Å²) in [4.78, 5) is 13.0. The van der Waals surface area contributed by atoms with Crippen molar-refractivity contribution in [3.8, 4) is 0 Å². The summed E-state index contributed by atoms with van der Waals surface area (Å²) in [5.74, 6) is -0.200. The van der Waals surface area contributed by atoms with Gasteiger partial charge in [0.25, 0.3) is 0 Å². The quantitative estimate of drug-likeness (QED) is 0.473. The van der Waals surface area contributed by atoms with Crippen molar-refractivity contribution in [2.45, 2.75) is 38.5 Å². The average Bonchev–Trinajstić information content (AvgIpc) is 2.21. The fourth-order valence-corrected chi connectivity index (χ4v) is 2.80. The molecule has 1 N–H and O–H groups in total. The lowest BCUT2D eigenvalue weighted by atomic mass is 9.91. The molecule has 0 aromatic carbocycles. The number of nitrogens with zero attached hydrogens (tertiary/aromatic N) is 1. The lowest BCUT2D eigenvalue weighted by molar-refractivity contribution is -0.152. The highest BCUT2D eigenvalue weighted by Gasteiger charge is 2.51. The molecule has 0 bridgehead atoms. The summed E-state index contributed by atoms with van der Waals surface area (Å²) in [6, 6.07) is 0. The Bertz CT molecular complexity index is 316. The van der Waals surface area contributed by atoms with Crippen LogP contribution in [0.15, 0.2) is 0 Å². The smallest absolute Gasteiger partial charge is 0.327 e. The highest BCUT2D eigenvalue weighted by Crippen LogP contribution is 2.35. The van der Waals surface area contributed by atoms with Gasteiger partial charge in [-0.25, -0.2) is 0 Å². The Morgan fingerprint density at radius 2 is 2.14 bits per heavy atom. The maximum atomic E-state index is 11.2. The number of carbonyl (C=O) groups is 1. The van der Waals surface area contributed by atoms with Gasteiger partial charge in [-0.2, -0.15) is 0 Å². The van der Waals surface area contributed by atoms with Crippen LogP contribution in [0.2, 0.25) is 0 Å². The number of esters is 1. The molecule has 0 spiro atoms. The molecule has 0 aliphatic carbocycles. The fraction of sp³-hybridized carbons (Fsp3) is 0.778. The lowest BCUT2D eigenvalue weighted by Crippen LogP contribution is -2.64. The van der Waals surface area contributed by atoms with Crippen LogP contribution in [-0.2, 0) is 9.53 Å². The molecule has 2 saturated heterocycles. The second-order valence-corrected chi connectivity index (χ2v) is 5.11. The predicted octanol–water partition coefficient (Wildman–Crippen LogP) is 0.618. The fourth-order valence-electron chi connectivity index (χ4n) is 2.27. The minimum absolute atomic E-state index is 0.118.